The number of sulfone groups is 1. The zero-order valence-corrected chi connectivity index (χ0v) is 22.2. The third-order valence-electron chi connectivity index (χ3n) is 4.90. The molecule has 0 unspecified atom stereocenters. The molecule has 0 fully saturated rings. The summed E-state index contributed by atoms with van der Waals surface area (Å²) in [6, 6.07) is 12.2. The molecule has 0 atom stereocenters. The van der Waals surface area contributed by atoms with Gasteiger partial charge in [0.2, 0.25) is 5.91 Å². The van der Waals surface area contributed by atoms with Crippen LogP contribution in [-0.4, -0.2) is 70.5 Å². The van der Waals surface area contributed by atoms with E-state index in [0.29, 0.717) is 24.0 Å². The molecule has 1 amide bonds. The number of carbonyl (C=O) groups excluding carboxylic acids is 1. The molecule has 0 aliphatic rings. The lowest BCUT2D eigenvalue weighted by Gasteiger charge is -2.22. The quantitative estimate of drug-likeness (QED) is 0.364. The van der Waals surface area contributed by atoms with Crippen molar-refractivity contribution in [1.29, 1.82) is 0 Å². The number of amides is 1. The zero-order valence-electron chi connectivity index (χ0n) is 19.0. The number of benzene rings is 2. The molecule has 1 heterocycles. The molecule has 0 aliphatic heterocycles. The Balaban J connectivity index is 0.00000385. The highest BCUT2D eigenvalue weighted by atomic mass is 35.5. The van der Waals surface area contributed by atoms with Gasteiger partial charge in [0.1, 0.15) is 5.75 Å². The van der Waals surface area contributed by atoms with Crippen LogP contribution in [-0.2, 0) is 14.6 Å². The Labute approximate surface area is 209 Å². The number of likely N-dealkylation sites (N-methyl/N-ethyl adjacent to an activating group) is 1. The van der Waals surface area contributed by atoms with E-state index in [1.165, 1.54) is 30.6 Å². The van der Waals surface area contributed by atoms with Gasteiger partial charge in [0.05, 0.1) is 28.0 Å². The summed E-state index contributed by atoms with van der Waals surface area (Å²) in [4.78, 5) is 22.7. The van der Waals surface area contributed by atoms with E-state index in [4.69, 9.17) is 9.72 Å². The second kappa shape index (κ2) is 12.0. The monoisotopic (exact) mass is 529 g/mol. The van der Waals surface area contributed by atoms with Gasteiger partial charge in [0.15, 0.2) is 15.0 Å². The molecule has 0 saturated carbocycles. The van der Waals surface area contributed by atoms with Crippen molar-refractivity contribution in [2.24, 2.45) is 0 Å². The number of halogens is 1. The Morgan fingerprint density at radius 2 is 1.82 bits per heavy atom. The van der Waals surface area contributed by atoms with Crippen LogP contribution in [0.5, 0.6) is 5.75 Å². The van der Waals surface area contributed by atoms with Crippen molar-refractivity contribution in [2.45, 2.75) is 16.2 Å². The van der Waals surface area contributed by atoms with Gasteiger partial charge < -0.3 is 9.64 Å². The summed E-state index contributed by atoms with van der Waals surface area (Å²) in [5.41, 5.74) is 0.869. The number of anilines is 1. The van der Waals surface area contributed by atoms with E-state index >= 15 is 0 Å². The summed E-state index contributed by atoms with van der Waals surface area (Å²) in [6.07, 6.45) is 1.87. The van der Waals surface area contributed by atoms with Crippen molar-refractivity contribution in [3.63, 3.8) is 0 Å². The SMILES string of the molecule is COc1ccc(S(=O)(=O)CCC(=O)N(CCN(C)C)c2nc3c(SC)cccc3s2)cc1.Cl. The number of aromatic nitrogens is 1. The van der Waals surface area contributed by atoms with Crippen LogP contribution in [0.3, 0.4) is 0 Å². The smallest absolute Gasteiger partial charge is 0.229 e. The minimum atomic E-state index is -3.60. The molecule has 3 rings (SSSR count). The van der Waals surface area contributed by atoms with Crippen LogP contribution < -0.4 is 9.64 Å². The van der Waals surface area contributed by atoms with Gasteiger partial charge in [-0.2, -0.15) is 0 Å². The minimum absolute atomic E-state index is 0. The molecule has 11 heteroatoms. The third-order valence-corrected chi connectivity index (χ3v) is 8.44. The molecule has 0 N–H and O–H groups in total. The normalized spacial score (nSPS) is 11.4. The molecule has 1 aromatic heterocycles. The van der Waals surface area contributed by atoms with Gasteiger partial charge in [-0.15, -0.1) is 24.2 Å². The van der Waals surface area contributed by atoms with E-state index in [1.807, 2.05) is 43.5 Å². The summed E-state index contributed by atoms with van der Waals surface area (Å²) >= 11 is 3.06. The fourth-order valence-corrected chi connectivity index (χ4v) is 5.97. The van der Waals surface area contributed by atoms with Crippen LogP contribution in [0, 0.1) is 0 Å². The molecule has 0 bridgehead atoms. The van der Waals surface area contributed by atoms with E-state index in [1.54, 1.807) is 28.8 Å². The van der Waals surface area contributed by atoms with E-state index in [-0.39, 0.29) is 35.4 Å². The molecule has 7 nitrogen and oxygen atoms in total. The molecule has 0 radical (unpaired) electrons. The van der Waals surface area contributed by atoms with Gasteiger partial charge >= 0.3 is 0 Å². The minimum Gasteiger partial charge on any atom is -0.497 e. The van der Waals surface area contributed by atoms with Crippen molar-refractivity contribution in [3.05, 3.63) is 42.5 Å². The van der Waals surface area contributed by atoms with Crippen LogP contribution in [0.15, 0.2) is 52.3 Å². The Kier molecular flexibility index (Phi) is 9.99. The van der Waals surface area contributed by atoms with Crippen LogP contribution >= 0.6 is 35.5 Å². The maximum absolute atomic E-state index is 13.2. The number of fused-ring (bicyclic) bond motifs is 1. The highest BCUT2D eigenvalue weighted by molar-refractivity contribution is 7.98. The fourth-order valence-electron chi connectivity index (χ4n) is 3.08. The fraction of sp³-hybridized carbons (Fsp3) is 0.364. The molecule has 0 aliphatic carbocycles. The third kappa shape index (κ3) is 6.83. The van der Waals surface area contributed by atoms with Gasteiger partial charge in [0, 0.05) is 24.4 Å². The van der Waals surface area contributed by atoms with Gasteiger partial charge in [-0.05, 0) is 56.7 Å². The zero-order chi connectivity index (χ0) is 23.3. The molecule has 180 valence electrons. The maximum Gasteiger partial charge on any atom is 0.229 e. The van der Waals surface area contributed by atoms with Gasteiger partial charge in [0.25, 0.3) is 0 Å². The van der Waals surface area contributed by atoms with Crippen molar-refractivity contribution >= 4 is 66.6 Å². The maximum atomic E-state index is 13.2. The lowest BCUT2D eigenvalue weighted by molar-refractivity contribution is -0.118. The molecule has 3 aromatic rings. The first-order valence-electron chi connectivity index (χ1n) is 10.0. The number of thiazole rings is 1. The van der Waals surface area contributed by atoms with Crippen LogP contribution in [0.1, 0.15) is 6.42 Å². The molecule has 2 aromatic carbocycles. The van der Waals surface area contributed by atoms with E-state index in [2.05, 4.69) is 0 Å². The number of ether oxygens (including phenoxy) is 1. The highest BCUT2D eigenvalue weighted by Gasteiger charge is 2.24. The second-order valence-corrected chi connectivity index (χ2v) is 11.4. The lowest BCUT2D eigenvalue weighted by atomic mass is 10.3. The second-order valence-electron chi connectivity index (χ2n) is 7.40. The summed E-state index contributed by atoms with van der Waals surface area (Å²) < 4.78 is 31.6. The van der Waals surface area contributed by atoms with Gasteiger partial charge in [-0.3, -0.25) is 9.69 Å². The highest BCUT2D eigenvalue weighted by Crippen LogP contribution is 2.34. The number of thioether (sulfide) groups is 1. The average molecular weight is 530 g/mol. The van der Waals surface area contributed by atoms with E-state index < -0.39 is 9.84 Å². The molecule has 0 saturated heterocycles. The van der Waals surface area contributed by atoms with Crippen LogP contribution in [0.4, 0.5) is 5.13 Å². The number of rotatable bonds is 10. The first-order chi connectivity index (χ1) is 15.2. The predicted molar refractivity (Wildman–Crippen MR) is 139 cm³/mol. The Hall–Kier alpha value is -1.85. The lowest BCUT2D eigenvalue weighted by Crippen LogP contribution is -2.37. The van der Waals surface area contributed by atoms with E-state index in [0.717, 1.165) is 15.1 Å². The standard InChI is InChI=1S/C22H27N3O4S3.ClH/c1-24(2)13-14-25(22-23-21-18(30-4)6-5-7-19(21)31-22)20(26)12-15-32(27,28)17-10-8-16(29-3)9-11-17;/h5-11H,12-15H2,1-4H3;1H. The van der Waals surface area contributed by atoms with Crippen molar-refractivity contribution in [1.82, 2.24) is 9.88 Å². The topological polar surface area (TPSA) is 79.8 Å². The summed E-state index contributed by atoms with van der Waals surface area (Å²) in [7, 11) is 1.79. The van der Waals surface area contributed by atoms with Gasteiger partial charge in [-0.25, -0.2) is 13.4 Å². The van der Waals surface area contributed by atoms with Crippen molar-refractivity contribution < 1.29 is 17.9 Å². The number of nitrogens with zero attached hydrogens (tertiary/aromatic N) is 3. The molecular weight excluding hydrogens is 502 g/mol. The Morgan fingerprint density at radius 1 is 1.12 bits per heavy atom. The predicted octanol–water partition coefficient (Wildman–Crippen LogP) is 4.21. The molecular formula is C22H28ClN3O4S3. The number of hydrogen-bond acceptors (Lipinski definition) is 8. The summed E-state index contributed by atoms with van der Waals surface area (Å²) in [5, 5.41) is 0.593. The largest absolute Gasteiger partial charge is 0.497 e. The summed E-state index contributed by atoms with van der Waals surface area (Å²) in [5.74, 6) is 0.0569. The summed E-state index contributed by atoms with van der Waals surface area (Å²) in [6.45, 7) is 1.07. The number of carbonyl (C=O) groups is 1. The first kappa shape index (κ1) is 27.4. The Morgan fingerprint density at radius 3 is 2.42 bits per heavy atom. The van der Waals surface area contributed by atoms with E-state index in [9.17, 15) is 13.2 Å². The Bertz CT molecular complexity index is 1180. The number of methoxy groups -OCH3 is 1. The molecule has 0 spiro atoms. The number of hydrogen-bond donors (Lipinski definition) is 0. The van der Waals surface area contributed by atoms with Crippen LogP contribution in [0.25, 0.3) is 10.2 Å². The first-order valence-corrected chi connectivity index (χ1v) is 13.7. The van der Waals surface area contributed by atoms with Crippen molar-refractivity contribution in [2.75, 3.05) is 51.2 Å². The average Bonchev–Trinajstić information content (AvgIpc) is 3.21. The number of para-hydroxylation sites is 1. The molecule has 33 heavy (non-hydrogen) atoms. The van der Waals surface area contributed by atoms with Gasteiger partial charge in [-0.1, -0.05) is 17.4 Å². The van der Waals surface area contributed by atoms with Crippen molar-refractivity contribution in [3.8, 4) is 5.75 Å². The van der Waals surface area contributed by atoms with Crippen LogP contribution in [0.2, 0.25) is 0 Å².